The average Bonchev–Trinajstić information content (AvgIpc) is 2.39. The van der Waals surface area contributed by atoms with E-state index >= 15 is 0 Å². The minimum Gasteiger partial charge on any atom is -0.313 e. The highest BCUT2D eigenvalue weighted by Gasteiger charge is 2.13. The van der Waals surface area contributed by atoms with E-state index in [1.165, 1.54) is 17.2 Å². The minimum atomic E-state index is -0.174. The van der Waals surface area contributed by atoms with Crippen molar-refractivity contribution in [3.8, 4) is 0 Å². The molecule has 0 radical (unpaired) electrons. The van der Waals surface area contributed by atoms with Crippen molar-refractivity contribution in [3.63, 3.8) is 0 Å². The fraction of sp³-hybridized carbons (Fsp3) is 0.294. The Balaban J connectivity index is 2.28. The van der Waals surface area contributed by atoms with Gasteiger partial charge in [0.15, 0.2) is 0 Å². The molecule has 0 bridgehead atoms. The van der Waals surface area contributed by atoms with E-state index in [1.807, 2.05) is 20.0 Å². The van der Waals surface area contributed by atoms with Crippen molar-refractivity contribution in [2.75, 3.05) is 7.05 Å². The van der Waals surface area contributed by atoms with Crippen LogP contribution in [0.25, 0.3) is 0 Å². The SMILES string of the molecule is CNC(Cc1ccccc1C)c1ccc(F)cc1C. The van der Waals surface area contributed by atoms with Gasteiger partial charge in [0.25, 0.3) is 0 Å². The molecule has 2 heteroatoms. The second-order valence-corrected chi connectivity index (χ2v) is 4.97. The van der Waals surface area contributed by atoms with Gasteiger partial charge in [0.1, 0.15) is 5.82 Å². The van der Waals surface area contributed by atoms with Gasteiger partial charge in [-0.05, 0) is 61.7 Å². The Hall–Kier alpha value is -1.67. The van der Waals surface area contributed by atoms with Gasteiger partial charge in [-0.15, -0.1) is 0 Å². The lowest BCUT2D eigenvalue weighted by Crippen LogP contribution is -2.20. The third kappa shape index (κ3) is 3.21. The van der Waals surface area contributed by atoms with Crippen LogP contribution in [0, 0.1) is 19.7 Å². The van der Waals surface area contributed by atoms with Crippen LogP contribution in [0.2, 0.25) is 0 Å². The average molecular weight is 257 g/mol. The molecular weight excluding hydrogens is 237 g/mol. The second kappa shape index (κ2) is 5.98. The van der Waals surface area contributed by atoms with E-state index in [1.54, 1.807) is 6.07 Å². The molecule has 0 aliphatic heterocycles. The highest BCUT2D eigenvalue weighted by atomic mass is 19.1. The van der Waals surface area contributed by atoms with Crippen molar-refractivity contribution in [3.05, 3.63) is 70.5 Å². The summed E-state index contributed by atoms with van der Waals surface area (Å²) in [6.45, 7) is 4.08. The predicted octanol–water partition coefficient (Wildman–Crippen LogP) is 3.95. The minimum absolute atomic E-state index is 0.174. The zero-order valence-electron chi connectivity index (χ0n) is 11.7. The zero-order valence-corrected chi connectivity index (χ0v) is 11.7. The Morgan fingerprint density at radius 2 is 1.79 bits per heavy atom. The Morgan fingerprint density at radius 1 is 1.05 bits per heavy atom. The monoisotopic (exact) mass is 257 g/mol. The van der Waals surface area contributed by atoms with E-state index in [9.17, 15) is 4.39 Å². The van der Waals surface area contributed by atoms with E-state index in [-0.39, 0.29) is 11.9 Å². The molecule has 0 aliphatic carbocycles. The number of likely N-dealkylation sites (N-methyl/N-ethyl adjacent to an activating group) is 1. The Labute approximate surface area is 114 Å². The first kappa shape index (κ1) is 13.8. The van der Waals surface area contributed by atoms with Crippen LogP contribution in [-0.4, -0.2) is 7.05 Å². The first-order valence-corrected chi connectivity index (χ1v) is 6.59. The molecular formula is C17H20FN. The lowest BCUT2D eigenvalue weighted by Gasteiger charge is -2.20. The van der Waals surface area contributed by atoms with Crippen LogP contribution in [0.1, 0.15) is 28.3 Å². The van der Waals surface area contributed by atoms with Crippen molar-refractivity contribution < 1.29 is 4.39 Å². The van der Waals surface area contributed by atoms with Gasteiger partial charge >= 0.3 is 0 Å². The van der Waals surface area contributed by atoms with Crippen molar-refractivity contribution in [1.29, 1.82) is 0 Å². The molecule has 0 heterocycles. The first-order valence-electron chi connectivity index (χ1n) is 6.59. The molecule has 1 nitrogen and oxygen atoms in total. The largest absolute Gasteiger partial charge is 0.313 e. The maximum absolute atomic E-state index is 13.2. The normalized spacial score (nSPS) is 12.4. The summed E-state index contributed by atoms with van der Waals surface area (Å²) in [6.07, 6.45) is 0.912. The summed E-state index contributed by atoms with van der Waals surface area (Å²) < 4.78 is 13.2. The maximum atomic E-state index is 13.2. The van der Waals surface area contributed by atoms with Crippen LogP contribution in [0.15, 0.2) is 42.5 Å². The van der Waals surface area contributed by atoms with Crippen LogP contribution >= 0.6 is 0 Å². The Kier molecular flexibility index (Phi) is 4.33. The number of benzene rings is 2. The van der Waals surface area contributed by atoms with E-state index in [0.717, 1.165) is 17.5 Å². The summed E-state index contributed by atoms with van der Waals surface area (Å²) >= 11 is 0. The number of nitrogens with one attached hydrogen (secondary N) is 1. The van der Waals surface area contributed by atoms with Crippen LogP contribution in [0.5, 0.6) is 0 Å². The number of hydrogen-bond acceptors (Lipinski definition) is 1. The summed E-state index contributed by atoms with van der Waals surface area (Å²) in [5.74, 6) is -0.174. The smallest absolute Gasteiger partial charge is 0.123 e. The van der Waals surface area contributed by atoms with Gasteiger partial charge in [0.05, 0.1) is 0 Å². The van der Waals surface area contributed by atoms with Crippen LogP contribution in [0.4, 0.5) is 4.39 Å². The van der Waals surface area contributed by atoms with Crippen LogP contribution in [-0.2, 0) is 6.42 Å². The van der Waals surface area contributed by atoms with Crippen molar-refractivity contribution in [2.24, 2.45) is 0 Å². The fourth-order valence-corrected chi connectivity index (χ4v) is 2.46. The molecule has 2 aromatic carbocycles. The van der Waals surface area contributed by atoms with Crippen molar-refractivity contribution in [2.45, 2.75) is 26.3 Å². The van der Waals surface area contributed by atoms with Gasteiger partial charge in [0, 0.05) is 6.04 Å². The molecule has 19 heavy (non-hydrogen) atoms. The van der Waals surface area contributed by atoms with E-state index in [4.69, 9.17) is 0 Å². The molecule has 2 aromatic rings. The van der Waals surface area contributed by atoms with Crippen LogP contribution < -0.4 is 5.32 Å². The zero-order chi connectivity index (χ0) is 13.8. The Morgan fingerprint density at radius 3 is 2.42 bits per heavy atom. The topological polar surface area (TPSA) is 12.0 Å². The van der Waals surface area contributed by atoms with E-state index in [0.29, 0.717) is 0 Å². The van der Waals surface area contributed by atoms with Gasteiger partial charge in [-0.25, -0.2) is 4.39 Å². The molecule has 0 saturated heterocycles. The molecule has 0 amide bonds. The number of halogens is 1. The molecule has 0 aliphatic rings. The summed E-state index contributed by atoms with van der Waals surface area (Å²) in [7, 11) is 1.95. The van der Waals surface area contributed by atoms with Gasteiger partial charge in [-0.2, -0.15) is 0 Å². The molecule has 1 N–H and O–H groups in total. The molecule has 100 valence electrons. The number of rotatable bonds is 4. The van der Waals surface area contributed by atoms with E-state index < -0.39 is 0 Å². The Bertz CT molecular complexity index is 563. The highest BCUT2D eigenvalue weighted by Crippen LogP contribution is 2.23. The van der Waals surface area contributed by atoms with Gasteiger partial charge in [-0.3, -0.25) is 0 Å². The molecule has 0 fully saturated rings. The third-order valence-electron chi connectivity index (χ3n) is 3.64. The quantitative estimate of drug-likeness (QED) is 0.874. The summed E-state index contributed by atoms with van der Waals surface area (Å²) in [5, 5.41) is 3.33. The van der Waals surface area contributed by atoms with Gasteiger partial charge in [0.2, 0.25) is 0 Å². The van der Waals surface area contributed by atoms with Crippen LogP contribution in [0.3, 0.4) is 0 Å². The van der Waals surface area contributed by atoms with Crippen molar-refractivity contribution >= 4 is 0 Å². The molecule has 1 atom stereocenters. The molecule has 0 spiro atoms. The molecule has 2 rings (SSSR count). The first-order chi connectivity index (χ1) is 9.11. The van der Waals surface area contributed by atoms with Gasteiger partial charge in [-0.1, -0.05) is 30.3 Å². The third-order valence-corrected chi connectivity index (χ3v) is 3.64. The lowest BCUT2D eigenvalue weighted by molar-refractivity contribution is 0.581. The molecule has 0 saturated carbocycles. The number of aryl methyl sites for hydroxylation is 2. The summed E-state index contributed by atoms with van der Waals surface area (Å²) in [6, 6.07) is 13.6. The summed E-state index contributed by atoms with van der Waals surface area (Å²) in [4.78, 5) is 0. The number of hydrogen-bond donors (Lipinski definition) is 1. The predicted molar refractivity (Wildman–Crippen MR) is 77.8 cm³/mol. The van der Waals surface area contributed by atoms with E-state index in [2.05, 4.69) is 36.5 Å². The lowest BCUT2D eigenvalue weighted by atomic mass is 9.93. The maximum Gasteiger partial charge on any atom is 0.123 e. The fourth-order valence-electron chi connectivity index (χ4n) is 2.46. The van der Waals surface area contributed by atoms with Gasteiger partial charge < -0.3 is 5.32 Å². The molecule has 1 unspecified atom stereocenters. The second-order valence-electron chi connectivity index (χ2n) is 4.97. The summed E-state index contributed by atoms with van der Waals surface area (Å²) in [5.41, 5.74) is 4.77. The highest BCUT2D eigenvalue weighted by molar-refractivity contribution is 5.33. The molecule has 0 aromatic heterocycles. The standard InChI is InChI=1S/C17H20FN/c1-12-6-4-5-7-14(12)11-17(19-3)16-9-8-15(18)10-13(16)2/h4-10,17,19H,11H2,1-3H3. The van der Waals surface area contributed by atoms with Crippen molar-refractivity contribution in [1.82, 2.24) is 5.32 Å².